The van der Waals surface area contributed by atoms with Crippen molar-refractivity contribution in [2.24, 2.45) is 11.8 Å². The quantitative estimate of drug-likeness (QED) is 0.815. The van der Waals surface area contributed by atoms with Crippen LogP contribution in [0.5, 0.6) is 0 Å². The van der Waals surface area contributed by atoms with Crippen LogP contribution in [0.25, 0.3) is 0 Å². The van der Waals surface area contributed by atoms with Gasteiger partial charge in [-0.05, 0) is 32.6 Å². The highest BCUT2D eigenvalue weighted by molar-refractivity contribution is 5.74. The first-order valence-electron chi connectivity index (χ1n) is 7.94. The lowest BCUT2D eigenvalue weighted by molar-refractivity contribution is 0.0522. The van der Waals surface area contributed by atoms with Crippen LogP contribution in [-0.2, 0) is 0 Å². The molecule has 4 nitrogen and oxygen atoms in total. The van der Waals surface area contributed by atoms with E-state index in [9.17, 15) is 9.90 Å². The number of rotatable bonds is 5. The molecule has 0 aliphatic heterocycles. The molecule has 0 aromatic carbocycles. The maximum absolute atomic E-state index is 12.1. The van der Waals surface area contributed by atoms with Gasteiger partial charge in [0.25, 0.3) is 0 Å². The van der Waals surface area contributed by atoms with Gasteiger partial charge < -0.3 is 15.3 Å². The van der Waals surface area contributed by atoms with Crippen molar-refractivity contribution in [3.05, 3.63) is 0 Å². The van der Waals surface area contributed by atoms with Gasteiger partial charge in [-0.3, -0.25) is 0 Å². The van der Waals surface area contributed by atoms with E-state index < -0.39 is 5.60 Å². The zero-order valence-electron chi connectivity index (χ0n) is 13.8. The van der Waals surface area contributed by atoms with E-state index in [-0.39, 0.29) is 12.1 Å². The van der Waals surface area contributed by atoms with Crippen LogP contribution in [-0.4, -0.2) is 41.3 Å². The summed E-state index contributed by atoms with van der Waals surface area (Å²) in [5.74, 6) is 1.24. The molecule has 0 spiro atoms. The lowest BCUT2D eigenvalue weighted by Crippen LogP contribution is -2.49. The first-order valence-corrected chi connectivity index (χ1v) is 7.94. The number of carbonyl (C=O) groups excluding carboxylic acids is 1. The molecule has 1 rings (SSSR count). The number of nitrogens with zero attached hydrogens (tertiary/aromatic N) is 1. The predicted octanol–water partition coefficient (Wildman–Crippen LogP) is 3.00. The van der Waals surface area contributed by atoms with Gasteiger partial charge in [-0.15, -0.1) is 0 Å². The molecule has 20 heavy (non-hydrogen) atoms. The molecule has 1 aliphatic carbocycles. The van der Waals surface area contributed by atoms with E-state index in [0.717, 1.165) is 5.92 Å². The molecule has 2 atom stereocenters. The minimum atomic E-state index is -0.857. The average Bonchev–Trinajstić information content (AvgIpc) is 2.36. The lowest BCUT2D eigenvalue weighted by atomic mass is 9.78. The maximum Gasteiger partial charge on any atom is 0.317 e. The molecule has 4 heteroatoms. The van der Waals surface area contributed by atoms with Crippen LogP contribution in [0.2, 0.25) is 0 Å². The van der Waals surface area contributed by atoms with Gasteiger partial charge in [0.15, 0.2) is 0 Å². The minimum Gasteiger partial charge on any atom is -0.389 e. The van der Waals surface area contributed by atoms with Gasteiger partial charge in [0.2, 0.25) is 0 Å². The summed E-state index contributed by atoms with van der Waals surface area (Å²) in [6, 6.07) is 0.0807. The number of hydrogen-bond acceptors (Lipinski definition) is 2. The highest BCUT2D eigenvalue weighted by atomic mass is 16.3. The van der Waals surface area contributed by atoms with Gasteiger partial charge in [-0.2, -0.15) is 0 Å². The van der Waals surface area contributed by atoms with Crippen LogP contribution in [0, 0.1) is 11.8 Å². The van der Waals surface area contributed by atoms with Gasteiger partial charge in [-0.25, -0.2) is 4.79 Å². The number of urea groups is 1. The van der Waals surface area contributed by atoms with Crippen LogP contribution < -0.4 is 5.32 Å². The molecule has 1 saturated carbocycles. The molecule has 0 bridgehead atoms. The Morgan fingerprint density at radius 3 is 2.35 bits per heavy atom. The predicted molar refractivity (Wildman–Crippen MR) is 82.7 cm³/mol. The summed E-state index contributed by atoms with van der Waals surface area (Å²) < 4.78 is 0. The van der Waals surface area contributed by atoms with Gasteiger partial charge in [0, 0.05) is 13.1 Å². The van der Waals surface area contributed by atoms with Crippen LogP contribution in [0.1, 0.15) is 59.8 Å². The maximum atomic E-state index is 12.1. The molecule has 0 heterocycles. The van der Waals surface area contributed by atoms with E-state index in [1.54, 1.807) is 25.8 Å². The fourth-order valence-electron chi connectivity index (χ4n) is 3.16. The average molecular weight is 284 g/mol. The number of hydrogen-bond donors (Lipinski definition) is 2. The lowest BCUT2D eigenvalue weighted by Gasteiger charge is -2.33. The third-order valence-electron chi connectivity index (χ3n) is 4.50. The summed E-state index contributed by atoms with van der Waals surface area (Å²) in [5.41, 5.74) is -0.857. The number of amides is 2. The smallest absolute Gasteiger partial charge is 0.317 e. The van der Waals surface area contributed by atoms with E-state index >= 15 is 0 Å². The SMILES string of the molecule is CC(NC(=O)N(C)CC(C)(C)O)C(C)C1CCCCC1. The number of nitrogens with one attached hydrogen (secondary N) is 1. The third-order valence-corrected chi connectivity index (χ3v) is 4.50. The Kier molecular flexibility index (Phi) is 6.31. The van der Waals surface area contributed by atoms with Crippen molar-refractivity contribution in [2.75, 3.05) is 13.6 Å². The van der Waals surface area contributed by atoms with E-state index in [0.29, 0.717) is 12.5 Å². The fourth-order valence-corrected chi connectivity index (χ4v) is 3.16. The Bertz CT molecular complexity index is 306. The summed E-state index contributed by atoms with van der Waals surface area (Å²) in [7, 11) is 1.73. The number of carbonyl (C=O) groups is 1. The molecule has 0 aromatic rings. The molecular formula is C16H32N2O2. The van der Waals surface area contributed by atoms with Crippen molar-refractivity contribution < 1.29 is 9.90 Å². The van der Waals surface area contributed by atoms with Gasteiger partial charge in [0.1, 0.15) is 0 Å². The molecule has 1 aliphatic rings. The molecule has 2 N–H and O–H groups in total. The van der Waals surface area contributed by atoms with Gasteiger partial charge in [0.05, 0.1) is 12.1 Å². The molecular weight excluding hydrogens is 252 g/mol. The van der Waals surface area contributed by atoms with Crippen molar-refractivity contribution in [3.63, 3.8) is 0 Å². The van der Waals surface area contributed by atoms with Crippen molar-refractivity contribution >= 4 is 6.03 Å². The second-order valence-electron chi connectivity index (χ2n) is 7.16. The third kappa shape index (κ3) is 5.70. The van der Waals surface area contributed by atoms with E-state index in [1.165, 1.54) is 32.1 Å². The molecule has 0 saturated heterocycles. The van der Waals surface area contributed by atoms with Crippen molar-refractivity contribution in [3.8, 4) is 0 Å². The van der Waals surface area contributed by atoms with Crippen molar-refractivity contribution in [1.29, 1.82) is 0 Å². The zero-order chi connectivity index (χ0) is 15.3. The Hall–Kier alpha value is -0.770. The van der Waals surface area contributed by atoms with Crippen LogP contribution in [0.3, 0.4) is 0 Å². The Labute approximate surface area is 123 Å². The number of aliphatic hydroxyl groups is 1. The second-order valence-corrected chi connectivity index (χ2v) is 7.16. The Morgan fingerprint density at radius 1 is 1.30 bits per heavy atom. The largest absolute Gasteiger partial charge is 0.389 e. The van der Waals surface area contributed by atoms with E-state index in [1.807, 2.05) is 0 Å². The molecule has 0 radical (unpaired) electrons. The van der Waals surface area contributed by atoms with Gasteiger partial charge in [-0.1, -0.05) is 39.0 Å². The zero-order valence-corrected chi connectivity index (χ0v) is 13.8. The highest BCUT2D eigenvalue weighted by Gasteiger charge is 2.27. The second kappa shape index (κ2) is 7.30. The normalized spacial score (nSPS) is 20.3. The summed E-state index contributed by atoms with van der Waals surface area (Å²) in [5, 5.41) is 12.8. The molecule has 2 unspecified atom stereocenters. The van der Waals surface area contributed by atoms with E-state index in [4.69, 9.17) is 0 Å². The monoisotopic (exact) mass is 284 g/mol. The first-order chi connectivity index (χ1) is 9.20. The summed E-state index contributed by atoms with van der Waals surface area (Å²) in [6.07, 6.45) is 6.60. The topological polar surface area (TPSA) is 52.6 Å². The Morgan fingerprint density at radius 2 is 1.85 bits per heavy atom. The molecule has 1 fully saturated rings. The minimum absolute atomic E-state index is 0.0951. The highest BCUT2D eigenvalue weighted by Crippen LogP contribution is 2.31. The fraction of sp³-hybridized carbons (Fsp3) is 0.938. The van der Waals surface area contributed by atoms with Crippen LogP contribution in [0.15, 0.2) is 0 Å². The van der Waals surface area contributed by atoms with Crippen LogP contribution >= 0.6 is 0 Å². The first kappa shape index (κ1) is 17.3. The molecule has 0 aromatic heterocycles. The number of likely N-dealkylation sites (N-methyl/N-ethyl adjacent to an activating group) is 1. The molecule has 118 valence electrons. The van der Waals surface area contributed by atoms with Gasteiger partial charge >= 0.3 is 6.03 Å². The summed E-state index contributed by atoms with van der Waals surface area (Å²) in [6.45, 7) is 8.10. The van der Waals surface area contributed by atoms with Crippen LogP contribution in [0.4, 0.5) is 4.79 Å². The van der Waals surface area contributed by atoms with E-state index in [2.05, 4.69) is 19.2 Å². The molecule has 2 amide bonds. The standard InChI is InChI=1S/C16H32N2O2/c1-12(14-9-7-6-8-10-14)13(2)17-15(19)18(5)11-16(3,4)20/h12-14,20H,6-11H2,1-5H3,(H,17,19). The Balaban J connectivity index is 2.43. The van der Waals surface area contributed by atoms with Crippen molar-refractivity contribution in [1.82, 2.24) is 10.2 Å². The summed E-state index contributed by atoms with van der Waals surface area (Å²) in [4.78, 5) is 13.7. The van der Waals surface area contributed by atoms with Crippen molar-refractivity contribution in [2.45, 2.75) is 71.4 Å². The summed E-state index contributed by atoms with van der Waals surface area (Å²) >= 11 is 0.